The molecule has 0 radical (unpaired) electrons. The molecule has 0 spiro atoms. The maximum atomic E-state index is 8.29. The smallest absolute Gasteiger partial charge is 0.192 e. The van der Waals surface area contributed by atoms with Crippen LogP contribution in [-0.4, -0.2) is 88.7 Å². The minimum absolute atomic E-state index is 0.178. The molecule has 0 aromatic rings. The summed E-state index contributed by atoms with van der Waals surface area (Å²) in [5.74, 6) is 0. The Hall–Kier alpha value is -0.496. The molecule has 0 unspecified atom stereocenters. The number of nitrogens with zero attached hydrogens (tertiary/aromatic N) is 3. The Morgan fingerprint density at radius 3 is 1.53 bits per heavy atom. The van der Waals surface area contributed by atoms with Gasteiger partial charge in [-0.3, -0.25) is 0 Å². The van der Waals surface area contributed by atoms with Crippen molar-refractivity contribution in [3.05, 3.63) is 10.4 Å². The number of rotatable bonds is 19. The first-order valence-corrected chi connectivity index (χ1v) is 18.1. The molecule has 202 valence electrons. The molecule has 0 atom stereocenters. The lowest BCUT2D eigenvalue weighted by molar-refractivity contribution is -0.0775. The van der Waals surface area contributed by atoms with Crippen molar-refractivity contribution in [3.8, 4) is 0 Å². The van der Waals surface area contributed by atoms with Gasteiger partial charge in [0.2, 0.25) is 0 Å². The Balaban J connectivity index is 4.39. The minimum atomic E-state index is -1.77. The summed E-state index contributed by atoms with van der Waals surface area (Å²) >= 11 is 0. The number of azide groups is 1. The molecule has 0 amide bonds. The highest BCUT2D eigenvalue weighted by Gasteiger charge is 2.37. The van der Waals surface area contributed by atoms with Gasteiger partial charge in [0, 0.05) is 11.5 Å². The fourth-order valence-electron chi connectivity index (χ4n) is 2.24. The zero-order valence-electron chi connectivity index (χ0n) is 23.4. The normalized spacial score (nSPS) is 13.4. The van der Waals surface area contributed by atoms with Crippen molar-refractivity contribution in [2.24, 2.45) is 5.11 Å². The van der Waals surface area contributed by atoms with Gasteiger partial charge in [0.25, 0.3) is 0 Å². The van der Waals surface area contributed by atoms with E-state index in [0.717, 1.165) is 0 Å². The SMILES string of the molecule is CC(C)(C)[Si](C)(C)OCCOCC(COCCO[Si](C)(C)C(C)(C)C)OCCOCCN=[N+]=[N-]. The largest absolute Gasteiger partial charge is 0.414 e. The van der Waals surface area contributed by atoms with E-state index in [4.69, 9.17) is 33.3 Å². The quantitative estimate of drug-likeness (QED) is 0.0702. The summed E-state index contributed by atoms with van der Waals surface area (Å²) in [5.41, 5.74) is 8.29. The van der Waals surface area contributed by atoms with Crippen molar-refractivity contribution >= 4 is 16.6 Å². The van der Waals surface area contributed by atoms with Crippen LogP contribution in [0.1, 0.15) is 41.5 Å². The molecule has 0 heterocycles. The highest BCUT2D eigenvalue weighted by atomic mass is 28.4. The van der Waals surface area contributed by atoms with Crippen LogP contribution in [0.2, 0.25) is 36.3 Å². The van der Waals surface area contributed by atoms with Crippen molar-refractivity contribution in [2.45, 2.75) is 83.9 Å². The molecule has 0 aliphatic heterocycles. The second-order valence-corrected chi connectivity index (χ2v) is 21.0. The third-order valence-corrected chi connectivity index (χ3v) is 15.7. The Kier molecular flexibility index (Phi) is 16.1. The number of ether oxygens (including phenoxy) is 4. The van der Waals surface area contributed by atoms with Crippen LogP contribution in [0.15, 0.2) is 5.11 Å². The molecule has 0 saturated carbocycles. The molecule has 0 N–H and O–H groups in total. The van der Waals surface area contributed by atoms with E-state index in [9.17, 15) is 0 Å². The van der Waals surface area contributed by atoms with Gasteiger partial charge < -0.3 is 27.8 Å². The predicted molar refractivity (Wildman–Crippen MR) is 143 cm³/mol. The standard InChI is InChI=1S/C23H51N3O6Si2/c1-22(2,3)33(7,8)31-17-14-28-19-21(30-16-13-27-12-11-25-26-24)20-29-15-18-32-34(9,10)23(4,5)6/h21H,11-20H2,1-10H3. The second-order valence-electron chi connectivity index (χ2n) is 11.4. The first-order chi connectivity index (χ1) is 15.6. The molecule has 9 nitrogen and oxygen atoms in total. The topological polar surface area (TPSA) is 104 Å². The summed E-state index contributed by atoms with van der Waals surface area (Å²) in [7, 11) is -3.55. The summed E-state index contributed by atoms with van der Waals surface area (Å²) < 4.78 is 35.3. The van der Waals surface area contributed by atoms with Crippen LogP contribution < -0.4 is 0 Å². The van der Waals surface area contributed by atoms with Gasteiger partial charge in [-0.15, -0.1) is 0 Å². The molecule has 11 heteroatoms. The third-order valence-electron chi connectivity index (χ3n) is 6.58. The molecule has 34 heavy (non-hydrogen) atoms. The molecular weight excluding hydrogens is 470 g/mol. The van der Waals surface area contributed by atoms with Gasteiger partial charge in [-0.2, -0.15) is 0 Å². The van der Waals surface area contributed by atoms with Crippen molar-refractivity contribution in [1.29, 1.82) is 0 Å². The van der Waals surface area contributed by atoms with Gasteiger partial charge in [-0.1, -0.05) is 46.7 Å². The molecule has 0 saturated heterocycles. The molecular formula is C23H51N3O6Si2. The van der Waals surface area contributed by atoms with E-state index < -0.39 is 16.6 Å². The number of hydrogen-bond donors (Lipinski definition) is 0. The average Bonchev–Trinajstić information content (AvgIpc) is 2.70. The first kappa shape index (κ1) is 33.5. The van der Waals surface area contributed by atoms with Crippen LogP contribution in [0.4, 0.5) is 0 Å². The van der Waals surface area contributed by atoms with E-state index in [-0.39, 0.29) is 16.2 Å². The maximum Gasteiger partial charge on any atom is 0.192 e. The predicted octanol–water partition coefficient (Wildman–Crippen LogP) is 5.78. The summed E-state index contributed by atoms with van der Waals surface area (Å²) in [5, 5.41) is 3.80. The fraction of sp³-hybridized carbons (Fsp3) is 1.00. The van der Waals surface area contributed by atoms with Crippen LogP contribution in [-0.2, 0) is 27.8 Å². The van der Waals surface area contributed by atoms with Crippen LogP contribution >= 0.6 is 0 Å². The van der Waals surface area contributed by atoms with E-state index in [1.165, 1.54) is 0 Å². The van der Waals surface area contributed by atoms with E-state index in [2.05, 4.69) is 77.8 Å². The van der Waals surface area contributed by atoms with Crippen LogP contribution in [0.3, 0.4) is 0 Å². The van der Waals surface area contributed by atoms with E-state index in [0.29, 0.717) is 66.0 Å². The van der Waals surface area contributed by atoms with Gasteiger partial charge in [0.05, 0.1) is 59.5 Å². The minimum Gasteiger partial charge on any atom is -0.414 e. The molecule has 0 aromatic carbocycles. The molecule has 0 aromatic heterocycles. The Labute approximate surface area is 210 Å². The highest BCUT2D eigenvalue weighted by Crippen LogP contribution is 2.37. The Bertz CT molecular complexity index is 552. The van der Waals surface area contributed by atoms with E-state index in [1.807, 2.05) is 0 Å². The summed E-state index contributed by atoms with van der Waals surface area (Å²) in [6, 6.07) is 0. The zero-order valence-corrected chi connectivity index (χ0v) is 25.4. The van der Waals surface area contributed by atoms with Gasteiger partial charge in [-0.25, -0.2) is 0 Å². The molecule has 0 bridgehead atoms. The van der Waals surface area contributed by atoms with Crippen molar-refractivity contribution in [3.63, 3.8) is 0 Å². The fourth-order valence-corrected chi connectivity index (χ4v) is 4.30. The van der Waals surface area contributed by atoms with Crippen molar-refractivity contribution in [1.82, 2.24) is 0 Å². The lowest BCUT2D eigenvalue weighted by Gasteiger charge is -2.36. The second kappa shape index (κ2) is 16.3. The van der Waals surface area contributed by atoms with Crippen molar-refractivity contribution in [2.75, 3.05) is 66.0 Å². The molecule has 0 aliphatic rings. The Morgan fingerprint density at radius 1 is 0.676 bits per heavy atom. The monoisotopic (exact) mass is 521 g/mol. The molecule has 0 rings (SSSR count). The highest BCUT2D eigenvalue weighted by molar-refractivity contribution is 6.74. The van der Waals surface area contributed by atoms with Gasteiger partial charge >= 0.3 is 0 Å². The summed E-state index contributed by atoms with van der Waals surface area (Å²) in [6.07, 6.45) is -0.207. The van der Waals surface area contributed by atoms with Crippen molar-refractivity contribution < 1.29 is 27.8 Å². The maximum absolute atomic E-state index is 8.29. The lowest BCUT2D eigenvalue weighted by atomic mass is 10.2. The average molecular weight is 522 g/mol. The molecule has 0 aliphatic carbocycles. The Morgan fingerprint density at radius 2 is 1.12 bits per heavy atom. The first-order valence-electron chi connectivity index (χ1n) is 12.3. The van der Waals surface area contributed by atoms with Crippen LogP contribution in [0, 0.1) is 0 Å². The zero-order chi connectivity index (χ0) is 26.3. The van der Waals surface area contributed by atoms with E-state index >= 15 is 0 Å². The van der Waals surface area contributed by atoms with E-state index in [1.54, 1.807) is 0 Å². The van der Waals surface area contributed by atoms with Gasteiger partial charge in [-0.05, 0) is 41.8 Å². The molecule has 0 fully saturated rings. The van der Waals surface area contributed by atoms with Crippen LogP contribution in [0.5, 0.6) is 0 Å². The lowest BCUT2D eigenvalue weighted by Crippen LogP contribution is -2.42. The van der Waals surface area contributed by atoms with Gasteiger partial charge in [0.1, 0.15) is 6.10 Å². The van der Waals surface area contributed by atoms with Crippen LogP contribution in [0.25, 0.3) is 10.4 Å². The summed E-state index contributed by atoms with van der Waals surface area (Å²) in [4.78, 5) is 2.70. The summed E-state index contributed by atoms with van der Waals surface area (Å²) in [6.45, 7) is 26.9. The van der Waals surface area contributed by atoms with Gasteiger partial charge in [0.15, 0.2) is 16.6 Å². The number of hydrogen-bond acceptors (Lipinski definition) is 7. The third kappa shape index (κ3) is 14.8.